The summed E-state index contributed by atoms with van der Waals surface area (Å²) in [7, 11) is 3.16. The number of rotatable bonds is 9. The number of nitrogens with zero attached hydrogens (tertiary/aromatic N) is 3. The molecule has 10 nitrogen and oxygen atoms in total. The normalized spacial score (nSPS) is 17.1. The first kappa shape index (κ1) is 26.7. The summed E-state index contributed by atoms with van der Waals surface area (Å²) in [5, 5.41) is 3.60. The van der Waals surface area contributed by atoms with Gasteiger partial charge in [-0.1, -0.05) is 0 Å². The van der Waals surface area contributed by atoms with Gasteiger partial charge in [-0.25, -0.2) is 9.97 Å². The van der Waals surface area contributed by atoms with Crippen molar-refractivity contribution < 1.29 is 28.5 Å². The number of aromatic nitrogens is 2. The predicted octanol–water partition coefficient (Wildman–Crippen LogP) is 2.68. The molecule has 196 valence electrons. The van der Waals surface area contributed by atoms with Gasteiger partial charge >= 0.3 is 0 Å². The Bertz CT molecular complexity index is 1300. The maximum absolute atomic E-state index is 13.1. The van der Waals surface area contributed by atoms with Crippen molar-refractivity contribution in [3.05, 3.63) is 53.5 Å². The number of ether oxygens (including phenoxy) is 4. The van der Waals surface area contributed by atoms with Gasteiger partial charge in [-0.15, -0.1) is 12.4 Å². The molecule has 2 aliphatic rings. The molecule has 1 unspecified atom stereocenters. The van der Waals surface area contributed by atoms with Crippen molar-refractivity contribution in [2.75, 3.05) is 65.6 Å². The minimum atomic E-state index is -0.688. The molecule has 0 spiro atoms. The van der Waals surface area contributed by atoms with Gasteiger partial charge in [-0.2, -0.15) is 0 Å². The van der Waals surface area contributed by atoms with Crippen LogP contribution in [0.1, 0.15) is 27.5 Å². The number of anilines is 1. The van der Waals surface area contributed by atoms with Crippen LogP contribution in [0.2, 0.25) is 0 Å². The van der Waals surface area contributed by atoms with Gasteiger partial charge in [0, 0.05) is 42.9 Å². The first-order chi connectivity index (χ1) is 17.6. The van der Waals surface area contributed by atoms with E-state index in [0.717, 1.165) is 13.1 Å². The lowest BCUT2D eigenvalue weighted by atomic mass is 9.92. The van der Waals surface area contributed by atoms with Crippen molar-refractivity contribution in [1.29, 1.82) is 0 Å². The summed E-state index contributed by atoms with van der Waals surface area (Å²) < 4.78 is 21.8. The fourth-order valence-corrected chi connectivity index (χ4v) is 4.58. The predicted molar refractivity (Wildman–Crippen MR) is 139 cm³/mol. The number of Topliss-reactive ketones (excluding diaryl/α,β-unsaturated/α-hetero) is 1. The van der Waals surface area contributed by atoms with Crippen LogP contribution in [0.15, 0.2) is 36.7 Å². The smallest absolute Gasteiger partial charge is 0.238 e. The van der Waals surface area contributed by atoms with Crippen molar-refractivity contribution in [3.63, 3.8) is 0 Å². The van der Waals surface area contributed by atoms with Gasteiger partial charge in [-0.05, 0) is 29.8 Å². The number of benzene rings is 2. The lowest BCUT2D eigenvalue weighted by Gasteiger charge is -2.25. The van der Waals surface area contributed by atoms with E-state index in [2.05, 4.69) is 20.2 Å². The lowest BCUT2D eigenvalue weighted by Crippen LogP contribution is -2.39. The zero-order valence-electron chi connectivity index (χ0n) is 20.7. The van der Waals surface area contributed by atoms with Crippen LogP contribution in [-0.2, 0) is 14.3 Å². The minimum absolute atomic E-state index is 0. The Labute approximate surface area is 220 Å². The number of carbonyl (C=O) groups excluding carboxylic acids is 2. The highest BCUT2D eigenvalue weighted by Gasteiger charge is 2.35. The molecule has 3 heterocycles. The summed E-state index contributed by atoms with van der Waals surface area (Å²) in [6.45, 7) is 3.81. The van der Waals surface area contributed by atoms with Crippen LogP contribution in [0.4, 0.5) is 5.69 Å². The molecule has 5 rings (SSSR count). The molecule has 1 N–H and O–H groups in total. The van der Waals surface area contributed by atoms with Crippen LogP contribution < -0.4 is 14.8 Å². The fourth-order valence-electron chi connectivity index (χ4n) is 4.58. The molecule has 0 bridgehead atoms. The Morgan fingerprint density at radius 3 is 2.68 bits per heavy atom. The van der Waals surface area contributed by atoms with Gasteiger partial charge in [0.05, 0.1) is 44.7 Å². The van der Waals surface area contributed by atoms with Gasteiger partial charge in [0.2, 0.25) is 5.91 Å². The molecule has 1 fully saturated rings. The number of amides is 1. The Morgan fingerprint density at radius 2 is 1.92 bits per heavy atom. The zero-order chi connectivity index (χ0) is 25.1. The van der Waals surface area contributed by atoms with Crippen LogP contribution in [-0.4, -0.2) is 86.8 Å². The van der Waals surface area contributed by atoms with Crippen LogP contribution in [0.3, 0.4) is 0 Å². The van der Waals surface area contributed by atoms with Crippen LogP contribution >= 0.6 is 12.4 Å². The van der Waals surface area contributed by atoms with Crippen LogP contribution in [0, 0.1) is 0 Å². The first-order valence-corrected chi connectivity index (χ1v) is 11.8. The van der Waals surface area contributed by atoms with Crippen molar-refractivity contribution in [2.45, 2.75) is 5.92 Å². The second-order valence-electron chi connectivity index (χ2n) is 8.66. The van der Waals surface area contributed by atoms with Crippen molar-refractivity contribution in [1.82, 2.24) is 14.9 Å². The highest BCUT2D eigenvalue weighted by molar-refractivity contribution is 6.08. The topological polar surface area (TPSA) is 112 Å². The Morgan fingerprint density at radius 1 is 1.11 bits per heavy atom. The van der Waals surface area contributed by atoms with E-state index in [9.17, 15) is 9.59 Å². The molecule has 11 heteroatoms. The van der Waals surface area contributed by atoms with Crippen molar-refractivity contribution in [2.24, 2.45) is 0 Å². The lowest BCUT2D eigenvalue weighted by molar-refractivity contribution is -0.116. The molecule has 1 saturated heterocycles. The summed E-state index contributed by atoms with van der Waals surface area (Å²) in [6, 6.07) is 8.89. The number of hydrogen-bond acceptors (Lipinski definition) is 9. The second-order valence-corrected chi connectivity index (χ2v) is 8.66. The Kier molecular flexibility index (Phi) is 8.55. The van der Waals surface area contributed by atoms with Gasteiger partial charge < -0.3 is 24.3 Å². The zero-order valence-corrected chi connectivity index (χ0v) is 21.5. The number of ketones is 1. The number of halogens is 1. The molecule has 37 heavy (non-hydrogen) atoms. The highest BCUT2D eigenvalue weighted by Crippen LogP contribution is 2.41. The summed E-state index contributed by atoms with van der Waals surface area (Å²) in [4.78, 5) is 37.1. The first-order valence-electron chi connectivity index (χ1n) is 11.8. The van der Waals surface area contributed by atoms with Gasteiger partial charge in [0.1, 0.15) is 18.9 Å². The minimum Gasteiger partial charge on any atom is -0.493 e. The summed E-state index contributed by atoms with van der Waals surface area (Å²) in [5.74, 6) is 0.139. The van der Waals surface area contributed by atoms with E-state index in [-0.39, 0.29) is 24.1 Å². The summed E-state index contributed by atoms with van der Waals surface area (Å²) >= 11 is 0. The van der Waals surface area contributed by atoms with Crippen LogP contribution in [0.25, 0.3) is 10.9 Å². The van der Waals surface area contributed by atoms with Gasteiger partial charge in [-0.3, -0.25) is 14.5 Å². The van der Waals surface area contributed by atoms with E-state index >= 15 is 0 Å². The average molecular weight is 529 g/mol. The Hall–Kier alpha value is -3.31. The largest absolute Gasteiger partial charge is 0.493 e. The fraction of sp³-hybridized carbons (Fsp3) is 0.385. The summed E-state index contributed by atoms with van der Waals surface area (Å²) in [5.41, 5.74) is 3.11. The molecule has 1 aromatic heterocycles. The maximum atomic E-state index is 13.1. The SMILES string of the molecule is COCCOc1cc2ncnc(C3C(=O)Nc4ccc(C(=O)CN5CCOCC5)cc43)c2cc1OC.Cl. The third-order valence-electron chi connectivity index (χ3n) is 6.45. The monoisotopic (exact) mass is 528 g/mol. The molecule has 3 aromatic rings. The number of methoxy groups -OCH3 is 2. The third-order valence-corrected chi connectivity index (χ3v) is 6.45. The molecular weight excluding hydrogens is 500 g/mol. The second kappa shape index (κ2) is 11.8. The molecular formula is C26H29ClN4O6. The molecule has 0 radical (unpaired) electrons. The average Bonchev–Trinajstić information content (AvgIpc) is 3.23. The third kappa shape index (κ3) is 5.52. The van der Waals surface area contributed by atoms with Crippen molar-refractivity contribution >= 4 is 40.7 Å². The highest BCUT2D eigenvalue weighted by atomic mass is 35.5. The van der Waals surface area contributed by atoms with E-state index in [0.29, 0.717) is 77.9 Å². The molecule has 1 atom stereocenters. The standard InChI is InChI=1S/C26H28N4O6.ClH/c1-33-9-10-36-23-13-20-18(12-22(23)34-2)25(28-15-27-20)24-17-11-16(3-4-19(17)29-26(24)32)21(31)14-30-5-7-35-8-6-30;/h3-4,11-13,15,24H,5-10,14H2,1-2H3,(H,29,32);1H. The summed E-state index contributed by atoms with van der Waals surface area (Å²) in [6.07, 6.45) is 1.43. The van der Waals surface area contributed by atoms with E-state index in [1.54, 1.807) is 44.6 Å². The van der Waals surface area contributed by atoms with E-state index in [1.807, 2.05) is 0 Å². The number of morpholine rings is 1. The van der Waals surface area contributed by atoms with E-state index in [1.165, 1.54) is 6.33 Å². The van der Waals surface area contributed by atoms with E-state index < -0.39 is 5.92 Å². The van der Waals surface area contributed by atoms with Gasteiger partial charge in [0.25, 0.3) is 0 Å². The van der Waals surface area contributed by atoms with Crippen LogP contribution in [0.5, 0.6) is 11.5 Å². The number of nitrogens with one attached hydrogen (secondary N) is 1. The number of carbonyl (C=O) groups is 2. The molecule has 2 aliphatic heterocycles. The van der Waals surface area contributed by atoms with E-state index in [4.69, 9.17) is 18.9 Å². The molecule has 1 amide bonds. The van der Waals surface area contributed by atoms with Crippen molar-refractivity contribution in [3.8, 4) is 11.5 Å². The molecule has 0 aliphatic carbocycles. The quantitative estimate of drug-likeness (QED) is 0.331. The molecule has 0 saturated carbocycles. The Balaban J connectivity index is 0.00000320. The number of hydrogen-bond donors (Lipinski definition) is 1. The molecule has 2 aromatic carbocycles. The van der Waals surface area contributed by atoms with Gasteiger partial charge in [0.15, 0.2) is 17.3 Å². The maximum Gasteiger partial charge on any atom is 0.238 e. The number of fused-ring (bicyclic) bond motifs is 2.